The highest BCUT2D eigenvalue weighted by Crippen LogP contribution is 2.37. The average Bonchev–Trinajstić information content (AvgIpc) is 3.30. The topological polar surface area (TPSA) is 88.1 Å². The van der Waals surface area contributed by atoms with Crippen LogP contribution in [0.2, 0.25) is 10.2 Å². The zero-order chi connectivity index (χ0) is 30.1. The molecule has 9 heteroatoms. The molecule has 42 heavy (non-hydrogen) atoms. The van der Waals surface area contributed by atoms with E-state index in [1.165, 1.54) is 10.4 Å². The lowest BCUT2D eigenvalue weighted by Crippen LogP contribution is -2.66. The zero-order valence-corrected chi connectivity index (χ0v) is 26.9. The smallest absolute Gasteiger partial charge is 0.261 e. The first-order chi connectivity index (χ1) is 20.1. The number of pyridine rings is 1. The number of aromatic nitrogens is 4. The third-order valence-electron chi connectivity index (χ3n) is 7.94. The van der Waals surface area contributed by atoms with Crippen LogP contribution in [0.5, 0.6) is 5.75 Å². The number of methoxy groups -OCH3 is 1. The van der Waals surface area contributed by atoms with Crippen molar-refractivity contribution in [2.24, 2.45) is 0 Å². The lowest BCUT2D eigenvalue weighted by atomic mass is 10.1. The van der Waals surface area contributed by atoms with Crippen LogP contribution in [0.3, 0.4) is 0 Å². The van der Waals surface area contributed by atoms with E-state index < -0.39 is 8.32 Å². The van der Waals surface area contributed by atoms with Gasteiger partial charge in [-0.1, -0.05) is 93.0 Å². The van der Waals surface area contributed by atoms with E-state index in [9.17, 15) is 0 Å². The van der Waals surface area contributed by atoms with Gasteiger partial charge in [0.25, 0.3) is 8.32 Å². The van der Waals surface area contributed by atoms with Gasteiger partial charge in [-0.25, -0.2) is 4.98 Å². The molecule has 0 bridgehead atoms. The summed E-state index contributed by atoms with van der Waals surface area (Å²) in [5.74, 6) is 0.968. The van der Waals surface area contributed by atoms with Gasteiger partial charge in [0, 0.05) is 30.1 Å². The number of halogens is 1. The number of rotatable bonds is 9. The molecule has 0 aliphatic rings. The molecule has 218 valence electrons. The number of anilines is 1. The van der Waals surface area contributed by atoms with Crippen molar-refractivity contribution in [2.75, 3.05) is 19.5 Å². The Balaban J connectivity index is 1.53. The largest absolute Gasteiger partial charge is 0.496 e. The van der Waals surface area contributed by atoms with E-state index in [0.29, 0.717) is 30.4 Å². The van der Waals surface area contributed by atoms with E-state index in [1.54, 1.807) is 7.11 Å². The minimum absolute atomic E-state index is 0.118. The van der Waals surface area contributed by atoms with Crippen LogP contribution in [0.4, 0.5) is 5.95 Å². The molecule has 5 aromatic rings. The van der Waals surface area contributed by atoms with Crippen LogP contribution in [-0.2, 0) is 17.4 Å². The van der Waals surface area contributed by atoms with Gasteiger partial charge in [0.05, 0.1) is 24.7 Å². The fraction of sp³-hybridized carbons (Fsp3) is 0.303. The molecule has 0 fully saturated rings. The fourth-order valence-electron chi connectivity index (χ4n) is 6.01. The maximum atomic E-state index is 7.17. The molecule has 0 saturated carbocycles. The highest BCUT2D eigenvalue weighted by molar-refractivity contribution is 6.99. The highest BCUT2D eigenvalue weighted by Gasteiger charge is 2.50. The third kappa shape index (κ3) is 5.42. The Morgan fingerprint density at radius 3 is 2.14 bits per heavy atom. The zero-order valence-electron chi connectivity index (χ0n) is 25.1. The van der Waals surface area contributed by atoms with Crippen molar-refractivity contribution in [1.82, 2.24) is 19.5 Å². The predicted octanol–water partition coefficient (Wildman–Crippen LogP) is 5.85. The first-order valence-corrected chi connectivity index (χ1v) is 16.4. The molecule has 7 nitrogen and oxygen atoms in total. The molecular weight excluding hydrogens is 562 g/mol. The summed E-state index contributed by atoms with van der Waals surface area (Å²) in [4.78, 5) is 13.6. The van der Waals surface area contributed by atoms with Gasteiger partial charge in [0.2, 0.25) is 5.95 Å². The quantitative estimate of drug-likeness (QED) is 0.169. The van der Waals surface area contributed by atoms with Gasteiger partial charge in [-0.05, 0) is 41.2 Å². The average molecular weight is 600 g/mol. The maximum Gasteiger partial charge on any atom is 0.261 e. The number of hydrogen-bond donors (Lipinski definition) is 1. The summed E-state index contributed by atoms with van der Waals surface area (Å²) in [7, 11) is -1.00. The van der Waals surface area contributed by atoms with Gasteiger partial charge in [-0.2, -0.15) is 4.98 Å². The van der Waals surface area contributed by atoms with Crippen molar-refractivity contribution < 1.29 is 9.16 Å². The van der Waals surface area contributed by atoms with Gasteiger partial charge >= 0.3 is 0 Å². The van der Waals surface area contributed by atoms with Crippen LogP contribution in [0, 0.1) is 13.8 Å². The Morgan fingerprint density at radius 2 is 1.57 bits per heavy atom. The minimum Gasteiger partial charge on any atom is -0.496 e. The molecule has 5 rings (SSSR count). The summed E-state index contributed by atoms with van der Waals surface area (Å²) in [5.41, 5.74) is 10.6. The van der Waals surface area contributed by atoms with Crippen molar-refractivity contribution in [3.8, 4) is 5.75 Å². The molecule has 0 unspecified atom stereocenters. The second-order valence-corrected chi connectivity index (χ2v) is 16.3. The standard InChI is InChI=1S/C33H38ClN5O2Si/c1-22-19-36-27(23(2)29(22)40-6)21-39-20-24(28-30(34)37-32(35)38-31(28)39)17-18-41-42(33(3,4)5,25-13-9-7-10-14-25)26-15-11-8-12-16-26/h7-16,19-20H,17-18,21H2,1-6H3,(H2,35,37,38). The fourth-order valence-corrected chi connectivity index (χ4v) is 10.9. The lowest BCUT2D eigenvalue weighted by molar-refractivity contribution is 0.302. The number of nitrogens with two attached hydrogens (primary N) is 1. The molecule has 0 spiro atoms. The number of benzene rings is 2. The molecule has 3 heterocycles. The van der Waals surface area contributed by atoms with E-state index in [0.717, 1.165) is 33.5 Å². The van der Waals surface area contributed by atoms with E-state index in [1.807, 2.05) is 24.6 Å². The number of hydrogen-bond acceptors (Lipinski definition) is 6. The first kappa shape index (κ1) is 29.8. The number of nitrogen functional groups attached to an aromatic ring is 1. The van der Waals surface area contributed by atoms with Crippen molar-refractivity contribution in [1.29, 1.82) is 0 Å². The second-order valence-electron chi connectivity index (χ2n) is 11.7. The molecule has 0 radical (unpaired) electrons. The van der Waals surface area contributed by atoms with Gasteiger partial charge in [0.15, 0.2) is 0 Å². The molecule has 3 aromatic heterocycles. The van der Waals surface area contributed by atoms with E-state index in [2.05, 4.69) is 97.6 Å². The molecule has 0 atom stereocenters. The summed E-state index contributed by atoms with van der Waals surface area (Å²) in [6.07, 6.45) is 4.54. The number of nitrogens with zero attached hydrogens (tertiary/aromatic N) is 4. The Hall–Kier alpha value is -3.72. The van der Waals surface area contributed by atoms with Crippen LogP contribution >= 0.6 is 11.6 Å². The summed E-state index contributed by atoms with van der Waals surface area (Å²) in [6, 6.07) is 21.3. The van der Waals surface area contributed by atoms with E-state index >= 15 is 0 Å². The van der Waals surface area contributed by atoms with Gasteiger partial charge in [-0.3, -0.25) is 4.98 Å². The van der Waals surface area contributed by atoms with Crippen molar-refractivity contribution in [2.45, 2.75) is 52.6 Å². The van der Waals surface area contributed by atoms with Crippen LogP contribution < -0.4 is 20.8 Å². The van der Waals surface area contributed by atoms with Crippen molar-refractivity contribution >= 4 is 47.3 Å². The molecular formula is C33H38ClN5O2Si. The summed E-state index contributed by atoms with van der Waals surface area (Å²) in [6.45, 7) is 11.8. The Kier molecular flexibility index (Phi) is 8.41. The van der Waals surface area contributed by atoms with Gasteiger partial charge < -0.3 is 19.5 Å². The Labute approximate surface area is 253 Å². The SMILES string of the molecule is COc1c(C)cnc(Cn2cc(CCO[Si](c3ccccc3)(c3ccccc3)C(C)(C)C)c3c(Cl)nc(N)nc32)c1C. The summed E-state index contributed by atoms with van der Waals surface area (Å²) in [5, 5.41) is 3.49. The first-order valence-electron chi connectivity index (χ1n) is 14.1. The Bertz CT molecular complexity index is 1660. The van der Waals surface area contributed by atoms with Crippen LogP contribution in [0.25, 0.3) is 11.0 Å². The van der Waals surface area contributed by atoms with Gasteiger partial charge in [0.1, 0.15) is 16.5 Å². The number of aryl methyl sites for hydroxylation is 1. The van der Waals surface area contributed by atoms with Crippen molar-refractivity contribution in [3.63, 3.8) is 0 Å². The van der Waals surface area contributed by atoms with E-state index in [-0.39, 0.29) is 11.0 Å². The van der Waals surface area contributed by atoms with E-state index in [4.69, 9.17) is 31.5 Å². The van der Waals surface area contributed by atoms with Crippen LogP contribution in [-0.4, -0.2) is 41.6 Å². The molecule has 0 saturated heterocycles. The van der Waals surface area contributed by atoms with Crippen LogP contribution in [0.15, 0.2) is 73.1 Å². The van der Waals surface area contributed by atoms with Gasteiger partial charge in [-0.15, -0.1) is 0 Å². The molecule has 0 aliphatic heterocycles. The predicted molar refractivity (Wildman–Crippen MR) is 174 cm³/mol. The number of fused-ring (bicyclic) bond motifs is 1. The monoisotopic (exact) mass is 599 g/mol. The summed E-state index contributed by atoms with van der Waals surface area (Å²) < 4.78 is 14.8. The Morgan fingerprint density at radius 1 is 0.952 bits per heavy atom. The molecule has 0 aliphatic carbocycles. The third-order valence-corrected chi connectivity index (χ3v) is 13.3. The van der Waals surface area contributed by atoms with Crippen molar-refractivity contribution in [3.05, 3.63) is 101 Å². The minimum atomic E-state index is -2.69. The molecule has 2 N–H and O–H groups in total. The maximum absolute atomic E-state index is 7.17. The second kappa shape index (κ2) is 11.9. The number of ether oxygens (including phenoxy) is 1. The highest BCUT2D eigenvalue weighted by atomic mass is 35.5. The molecule has 2 aromatic carbocycles. The lowest BCUT2D eigenvalue weighted by Gasteiger charge is -2.43. The molecule has 0 amide bonds. The summed E-state index contributed by atoms with van der Waals surface area (Å²) >= 11 is 6.70. The normalized spacial score (nSPS) is 12.2. The van der Waals surface area contributed by atoms with Crippen LogP contribution in [0.1, 0.15) is 43.2 Å².